The highest BCUT2D eigenvalue weighted by Crippen LogP contribution is 2.33. The van der Waals surface area contributed by atoms with E-state index in [-0.39, 0.29) is 11.4 Å². The number of pyridine rings is 2. The molecule has 0 aliphatic heterocycles. The summed E-state index contributed by atoms with van der Waals surface area (Å²) in [6.07, 6.45) is 3.24. The highest BCUT2D eigenvalue weighted by atomic mass is 19.1. The number of carboxylic acids is 1. The third-order valence-corrected chi connectivity index (χ3v) is 4.49. The van der Waals surface area contributed by atoms with E-state index in [1.807, 2.05) is 18.2 Å². The van der Waals surface area contributed by atoms with Gasteiger partial charge in [0.1, 0.15) is 5.82 Å². The van der Waals surface area contributed by atoms with E-state index in [4.69, 9.17) is 0 Å². The van der Waals surface area contributed by atoms with Crippen LogP contribution in [-0.2, 0) is 0 Å². The number of hydrogen-bond donors (Lipinski definition) is 1. The van der Waals surface area contributed by atoms with Crippen LogP contribution >= 0.6 is 0 Å². The number of nitrogens with zero attached hydrogens (tertiary/aromatic N) is 2. The maximum absolute atomic E-state index is 13.7. The number of hydrogen-bond acceptors (Lipinski definition) is 3. The van der Waals surface area contributed by atoms with Crippen LogP contribution < -0.4 is 0 Å². The van der Waals surface area contributed by atoms with Crippen LogP contribution in [-0.4, -0.2) is 21.0 Å². The Labute approximate surface area is 155 Å². The van der Waals surface area contributed by atoms with Crippen molar-refractivity contribution in [1.29, 1.82) is 0 Å². The molecule has 27 heavy (non-hydrogen) atoms. The molecule has 2 heterocycles. The molecule has 2 aromatic heterocycles. The van der Waals surface area contributed by atoms with Crippen LogP contribution in [0.1, 0.15) is 15.9 Å². The zero-order valence-corrected chi connectivity index (χ0v) is 14.5. The molecule has 0 bridgehead atoms. The Morgan fingerprint density at radius 1 is 0.963 bits per heavy atom. The lowest BCUT2D eigenvalue weighted by molar-refractivity contribution is 0.0699. The largest absolute Gasteiger partial charge is 0.478 e. The SMILES string of the molecule is Cc1cc(-c2ncccc2-c2cc(C(=O)O)c3ncccc3c2)ccc1F. The molecule has 0 unspecified atom stereocenters. The van der Waals surface area contributed by atoms with Crippen molar-refractivity contribution < 1.29 is 14.3 Å². The molecule has 5 heteroatoms. The average molecular weight is 358 g/mol. The topological polar surface area (TPSA) is 63.1 Å². The second kappa shape index (κ2) is 6.61. The van der Waals surface area contributed by atoms with Crippen molar-refractivity contribution in [1.82, 2.24) is 9.97 Å². The molecular formula is C22H15FN2O2. The van der Waals surface area contributed by atoms with Crippen molar-refractivity contribution in [3.63, 3.8) is 0 Å². The first-order valence-electron chi connectivity index (χ1n) is 8.38. The highest BCUT2D eigenvalue weighted by molar-refractivity contribution is 6.04. The Hall–Kier alpha value is -3.60. The second-order valence-electron chi connectivity index (χ2n) is 6.27. The minimum Gasteiger partial charge on any atom is -0.478 e. The monoisotopic (exact) mass is 358 g/mol. The summed E-state index contributed by atoms with van der Waals surface area (Å²) in [5, 5.41) is 10.3. The van der Waals surface area contributed by atoms with Gasteiger partial charge < -0.3 is 5.11 Å². The molecule has 0 radical (unpaired) electrons. The summed E-state index contributed by atoms with van der Waals surface area (Å²) in [4.78, 5) is 20.4. The van der Waals surface area contributed by atoms with Crippen molar-refractivity contribution in [2.75, 3.05) is 0 Å². The molecule has 0 atom stereocenters. The number of carbonyl (C=O) groups is 1. The summed E-state index contributed by atoms with van der Waals surface area (Å²) in [6, 6.07) is 15.6. The average Bonchev–Trinajstić information content (AvgIpc) is 2.69. The van der Waals surface area contributed by atoms with Crippen molar-refractivity contribution in [2.24, 2.45) is 0 Å². The summed E-state index contributed by atoms with van der Waals surface area (Å²) in [5.74, 6) is -1.32. The molecule has 0 fully saturated rings. The van der Waals surface area contributed by atoms with Gasteiger partial charge in [-0.15, -0.1) is 0 Å². The predicted molar refractivity (Wildman–Crippen MR) is 102 cm³/mol. The summed E-state index contributed by atoms with van der Waals surface area (Å²) in [7, 11) is 0. The van der Waals surface area contributed by atoms with Gasteiger partial charge in [0.2, 0.25) is 0 Å². The summed E-state index contributed by atoms with van der Waals surface area (Å²) >= 11 is 0. The molecule has 0 aliphatic carbocycles. The molecule has 0 spiro atoms. The van der Waals surface area contributed by atoms with Crippen LogP contribution in [0.15, 0.2) is 67.0 Å². The second-order valence-corrected chi connectivity index (χ2v) is 6.27. The smallest absolute Gasteiger partial charge is 0.337 e. The molecule has 4 nitrogen and oxygen atoms in total. The Bertz CT molecular complexity index is 1190. The number of rotatable bonds is 3. The molecule has 0 saturated carbocycles. The van der Waals surface area contributed by atoms with Gasteiger partial charge in [-0.3, -0.25) is 9.97 Å². The highest BCUT2D eigenvalue weighted by Gasteiger charge is 2.16. The maximum Gasteiger partial charge on any atom is 0.337 e. The van der Waals surface area contributed by atoms with E-state index in [0.29, 0.717) is 16.8 Å². The van der Waals surface area contributed by atoms with E-state index < -0.39 is 5.97 Å². The quantitative estimate of drug-likeness (QED) is 0.553. The molecule has 1 N–H and O–H groups in total. The van der Waals surface area contributed by atoms with Gasteiger partial charge in [0.15, 0.2) is 0 Å². The normalized spacial score (nSPS) is 10.9. The van der Waals surface area contributed by atoms with Gasteiger partial charge in [-0.25, -0.2) is 9.18 Å². The summed E-state index contributed by atoms with van der Waals surface area (Å²) < 4.78 is 13.7. The van der Waals surface area contributed by atoms with Gasteiger partial charge in [-0.05, 0) is 60.5 Å². The van der Waals surface area contributed by atoms with Crippen molar-refractivity contribution >= 4 is 16.9 Å². The van der Waals surface area contributed by atoms with E-state index in [1.54, 1.807) is 49.6 Å². The lowest BCUT2D eigenvalue weighted by atomic mass is 9.95. The Kier molecular flexibility index (Phi) is 4.12. The van der Waals surface area contributed by atoms with E-state index in [1.165, 1.54) is 6.07 Å². The number of aromatic carboxylic acids is 1. The fraction of sp³-hybridized carbons (Fsp3) is 0.0455. The number of carboxylic acid groups (broad SMARTS) is 1. The minimum absolute atomic E-state index is 0.133. The fourth-order valence-electron chi connectivity index (χ4n) is 3.17. The zero-order chi connectivity index (χ0) is 19.0. The first kappa shape index (κ1) is 16.8. The zero-order valence-electron chi connectivity index (χ0n) is 14.5. The molecular weight excluding hydrogens is 343 g/mol. The van der Waals surface area contributed by atoms with Gasteiger partial charge in [0, 0.05) is 28.9 Å². The van der Waals surface area contributed by atoms with Crippen LogP contribution in [0.25, 0.3) is 33.3 Å². The van der Waals surface area contributed by atoms with Crippen LogP contribution in [0.4, 0.5) is 4.39 Å². The first-order valence-corrected chi connectivity index (χ1v) is 8.38. The van der Waals surface area contributed by atoms with E-state index in [2.05, 4.69) is 9.97 Å². The molecule has 4 aromatic rings. The summed E-state index contributed by atoms with van der Waals surface area (Å²) in [6.45, 7) is 1.70. The number of aromatic nitrogens is 2. The van der Waals surface area contributed by atoms with Gasteiger partial charge >= 0.3 is 5.97 Å². The first-order chi connectivity index (χ1) is 13.0. The number of aryl methyl sites for hydroxylation is 1. The van der Waals surface area contributed by atoms with Crippen LogP contribution in [0.5, 0.6) is 0 Å². The fourth-order valence-corrected chi connectivity index (χ4v) is 3.17. The Morgan fingerprint density at radius 3 is 2.52 bits per heavy atom. The van der Waals surface area contributed by atoms with Crippen molar-refractivity contribution in [2.45, 2.75) is 6.92 Å². The number of halogens is 1. The van der Waals surface area contributed by atoms with Gasteiger partial charge in [0.05, 0.1) is 16.8 Å². The lowest BCUT2D eigenvalue weighted by Gasteiger charge is -2.12. The van der Waals surface area contributed by atoms with Gasteiger partial charge in [-0.2, -0.15) is 0 Å². The molecule has 132 valence electrons. The van der Waals surface area contributed by atoms with Crippen LogP contribution in [0, 0.1) is 12.7 Å². The van der Waals surface area contributed by atoms with Gasteiger partial charge in [0.25, 0.3) is 0 Å². The Morgan fingerprint density at radius 2 is 1.74 bits per heavy atom. The Balaban J connectivity index is 1.97. The third-order valence-electron chi connectivity index (χ3n) is 4.49. The van der Waals surface area contributed by atoms with Crippen LogP contribution in [0.3, 0.4) is 0 Å². The third kappa shape index (κ3) is 3.04. The standard InChI is InChI=1S/C22H15FN2O2/c1-13-10-15(6-7-19(13)23)20-17(5-3-9-24-20)16-11-14-4-2-8-25-21(14)18(12-16)22(26)27/h2-12H,1H3,(H,26,27). The van der Waals surface area contributed by atoms with Crippen LogP contribution in [0.2, 0.25) is 0 Å². The number of fused-ring (bicyclic) bond motifs is 1. The number of benzene rings is 2. The predicted octanol–water partition coefficient (Wildman–Crippen LogP) is 5.11. The van der Waals surface area contributed by atoms with E-state index in [9.17, 15) is 14.3 Å². The maximum atomic E-state index is 13.7. The van der Waals surface area contributed by atoms with Gasteiger partial charge in [-0.1, -0.05) is 12.1 Å². The molecule has 2 aromatic carbocycles. The molecule has 0 saturated heterocycles. The van der Waals surface area contributed by atoms with E-state index >= 15 is 0 Å². The molecule has 0 aliphatic rings. The molecule has 4 rings (SSSR count). The van der Waals surface area contributed by atoms with Crippen molar-refractivity contribution in [3.05, 3.63) is 83.9 Å². The van der Waals surface area contributed by atoms with Crippen molar-refractivity contribution in [3.8, 4) is 22.4 Å². The minimum atomic E-state index is -1.04. The van der Waals surface area contributed by atoms with E-state index in [0.717, 1.165) is 22.1 Å². The summed E-state index contributed by atoms with van der Waals surface area (Å²) in [5.41, 5.74) is 4.03. The lowest BCUT2D eigenvalue weighted by Crippen LogP contribution is -2.00. The molecule has 0 amide bonds.